The minimum absolute atomic E-state index is 0.0509. The van der Waals surface area contributed by atoms with Crippen molar-refractivity contribution in [1.29, 1.82) is 0 Å². The molecule has 0 aromatic rings. The third kappa shape index (κ3) is 3.73. The monoisotopic (exact) mass is 360 g/mol. The van der Waals surface area contributed by atoms with Crippen LogP contribution in [0.3, 0.4) is 0 Å². The average molecular weight is 360 g/mol. The fraction of sp³-hybridized carbons (Fsp3) is 0.867. The third-order valence-electron chi connectivity index (χ3n) is 5.05. The zero-order chi connectivity index (χ0) is 17.4. The van der Waals surface area contributed by atoms with E-state index in [4.69, 9.17) is 9.47 Å². The van der Waals surface area contributed by atoms with Gasteiger partial charge in [-0.15, -0.1) is 0 Å². The van der Waals surface area contributed by atoms with Gasteiger partial charge in [0.2, 0.25) is 11.8 Å². The molecule has 0 N–H and O–H groups in total. The van der Waals surface area contributed by atoms with E-state index in [0.717, 1.165) is 0 Å². The number of likely N-dealkylation sites (tertiary alicyclic amines) is 1. The Balaban J connectivity index is 1.57. The van der Waals surface area contributed by atoms with Crippen molar-refractivity contribution in [1.82, 2.24) is 9.80 Å². The smallest absolute Gasteiger partial charge is 0.242 e. The van der Waals surface area contributed by atoms with Gasteiger partial charge in [0, 0.05) is 38.9 Å². The molecule has 0 aliphatic carbocycles. The highest BCUT2D eigenvalue weighted by molar-refractivity contribution is 7.91. The maximum absolute atomic E-state index is 12.5. The molecule has 0 aromatic carbocycles. The first-order valence-corrected chi connectivity index (χ1v) is 10.2. The second-order valence-corrected chi connectivity index (χ2v) is 8.92. The van der Waals surface area contributed by atoms with Gasteiger partial charge in [0.1, 0.15) is 6.54 Å². The number of hydrogen-bond acceptors (Lipinski definition) is 6. The molecule has 9 heteroatoms. The SMILES string of the molecule is CC(=O)N(CC(=O)N1CCC2(CC1)OCCO2)C1CCS(=O)(=O)C1. The second-order valence-electron chi connectivity index (χ2n) is 6.69. The summed E-state index contributed by atoms with van der Waals surface area (Å²) in [5, 5.41) is 0. The molecule has 24 heavy (non-hydrogen) atoms. The number of rotatable bonds is 3. The molecule has 3 saturated heterocycles. The Hall–Kier alpha value is -1.19. The van der Waals surface area contributed by atoms with Crippen molar-refractivity contribution in [2.24, 2.45) is 0 Å². The lowest BCUT2D eigenvalue weighted by atomic mass is 10.0. The molecule has 1 atom stereocenters. The number of nitrogens with zero attached hydrogens (tertiary/aromatic N) is 2. The highest BCUT2D eigenvalue weighted by atomic mass is 32.2. The second kappa shape index (κ2) is 6.61. The number of carbonyl (C=O) groups is 2. The molecule has 1 spiro atoms. The van der Waals surface area contributed by atoms with Crippen LogP contribution in [0.1, 0.15) is 26.2 Å². The first-order valence-electron chi connectivity index (χ1n) is 8.34. The fourth-order valence-electron chi connectivity index (χ4n) is 3.65. The van der Waals surface area contributed by atoms with Crippen molar-refractivity contribution >= 4 is 21.7 Å². The molecule has 3 rings (SSSR count). The predicted octanol–water partition coefficient (Wildman–Crippen LogP) is -0.612. The molecule has 3 aliphatic heterocycles. The lowest BCUT2D eigenvalue weighted by Gasteiger charge is -2.38. The molecule has 0 bridgehead atoms. The van der Waals surface area contributed by atoms with Crippen molar-refractivity contribution < 1.29 is 27.5 Å². The maximum atomic E-state index is 12.5. The van der Waals surface area contributed by atoms with Gasteiger partial charge in [-0.2, -0.15) is 0 Å². The Morgan fingerprint density at radius 1 is 1.21 bits per heavy atom. The summed E-state index contributed by atoms with van der Waals surface area (Å²) in [4.78, 5) is 27.5. The van der Waals surface area contributed by atoms with Crippen LogP contribution >= 0.6 is 0 Å². The van der Waals surface area contributed by atoms with E-state index >= 15 is 0 Å². The molecule has 136 valence electrons. The van der Waals surface area contributed by atoms with E-state index < -0.39 is 21.7 Å². The summed E-state index contributed by atoms with van der Waals surface area (Å²) in [6, 6.07) is -0.394. The van der Waals surface area contributed by atoms with E-state index in [-0.39, 0.29) is 29.9 Å². The molecule has 0 saturated carbocycles. The number of sulfone groups is 1. The summed E-state index contributed by atoms with van der Waals surface area (Å²) >= 11 is 0. The quantitative estimate of drug-likeness (QED) is 0.666. The zero-order valence-electron chi connectivity index (χ0n) is 13.9. The fourth-order valence-corrected chi connectivity index (χ4v) is 5.38. The molecular weight excluding hydrogens is 336 g/mol. The predicted molar refractivity (Wildman–Crippen MR) is 84.9 cm³/mol. The van der Waals surface area contributed by atoms with E-state index in [1.807, 2.05) is 0 Å². The Morgan fingerprint density at radius 2 is 1.83 bits per heavy atom. The van der Waals surface area contributed by atoms with Gasteiger partial charge in [-0.05, 0) is 6.42 Å². The molecule has 1 unspecified atom stereocenters. The highest BCUT2D eigenvalue weighted by Crippen LogP contribution is 2.31. The summed E-state index contributed by atoms with van der Waals surface area (Å²) in [5.74, 6) is -0.929. The maximum Gasteiger partial charge on any atom is 0.242 e. The number of hydrogen-bond donors (Lipinski definition) is 0. The Kier molecular flexibility index (Phi) is 4.85. The minimum atomic E-state index is -3.10. The zero-order valence-corrected chi connectivity index (χ0v) is 14.7. The number of carbonyl (C=O) groups excluding carboxylic acids is 2. The summed E-state index contributed by atoms with van der Waals surface area (Å²) in [6.45, 7) is 3.53. The lowest BCUT2D eigenvalue weighted by Crippen LogP contribution is -2.52. The van der Waals surface area contributed by atoms with Gasteiger partial charge in [-0.3, -0.25) is 9.59 Å². The normalized spacial score (nSPS) is 28.2. The third-order valence-corrected chi connectivity index (χ3v) is 6.80. The summed E-state index contributed by atoms with van der Waals surface area (Å²) < 4.78 is 34.6. The van der Waals surface area contributed by atoms with E-state index in [2.05, 4.69) is 0 Å². The largest absolute Gasteiger partial charge is 0.347 e. The van der Waals surface area contributed by atoms with Crippen LogP contribution in [0.25, 0.3) is 0 Å². The van der Waals surface area contributed by atoms with Crippen LogP contribution in [0.4, 0.5) is 0 Å². The van der Waals surface area contributed by atoms with Gasteiger partial charge in [-0.1, -0.05) is 0 Å². The van der Waals surface area contributed by atoms with Crippen LogP contribution in [0.15, 0.2) is 0 Å². The highest BCUT2D eigenvalue weighted by Gasteiger charge is 2.41. The van der Waals surface area contributed by atoms with Crippen LogP contribution in [0, 0.1) is 0 Å². The van der Waals surface area contributed by atoms with Crippen molar-refractivity contribution in [2.75, 3.05) is 44.4 Å². The molecule has 8 nitrogen and oxygen atoms in total. The van der Waals surface area contributed by atoms with Gasteiger partial charge < -0.3 is 19.3 Å². The summed E-state index contributed by atoms with van der Waals surface area (Å²) in [6.07, 6.45) is 1.65. The molecule has 0 radical (unpaired) electrons. The van der Waals surface area contributed by atoms with Crippen LogP contribution in [-0.4, -0.2) is 86.2 Å². The number of piperidine rings is 1. The first-order chi connectivity index (χ1) is 11.3. The Bertz CT molecular complexity index is 603. The topological polar surface area (TPSA) is 93.2 Å². The van der Waals surface area contributed by atoms with Gasteiger partial charge in [-0.25, -0.2) is 8.42 Å². The lowest BCUT2D eigenvalue weighted by molar-refractivity contribution is -0.187. The van der Waals surface area contributed by atoms with E-state index in [0.29, 0.717) is 45.6 Å². The van der Waals surface area contributed by atoms with Crippen molar-refractivity contribution in [3.63, 3.8) is 0 Å². The standard InChI is InChI=1S/C15H24N2O6S/c1-12(18)17(13-2-9-24(20,21)11-13)10-14(19)16-5-3-15(4-6-16)22-7-8-23-15/h13H,2-11H2,1H3. The van der Waals surface area contributed by atoms with E-state index in [1.165, 1.54) is 11.8 Å². The average Bonchev–Trinajstić information content (AvgIpc) is 3.12. The van der Waals surface area contributed by atoms with Gasteiger partial charge in [0.05, 0.1) is 24.7 Å². The molecular formula is C15H24N2O6S. The molecule has 0 aromatic heterocycles. The summed E-state index contributed by atoms with van der Waals surface area (Å²) in [5.41, 5.74) is 0. The van der Waals surface area contributed by atoms with Crippen molar-refractivity contribution in [3.8, 4) is 0 Å². The summed E-state index contributed by atoms with van der Waals surface area (Å²) in [7, 11) is -3.10. The van der Waals surface area contributed by atoms with Gasteiger partial charge in [0.25, 0.3) is 0 Å². The van der Waals surface area contributed by atoms with E-state index in [1.54, 1.807) is 4.90 Å². The van der Waals surface area contributed by atoms with Crippen LogP contribution in [-0.2, 0) is 28.9 Å². The van der Waals surface area contributed by atoms with Crippen LogP contribution < -0.4 is 0 Å². The van der Waals surface area contributed by atoms with Gasteiger partial charge >= 0.3 is 0 Å². The first kappa shape index (κ1) is 17.6. The van der Waals surface area contributed by atoms with E-state index in [9.17, 15) is 18.0 Å². The molecule has 3 aliphatic rings. The molecule has 3 fully saturated rings. The Labute approximate surface area is 142 Å². The van der Waals surface area contributed by atoms with Crippen molar-refractivity contribution in [2.45, 2.75) is 38.0 Å². The Morgan fingerprint density at radius 3 is 2.33 bits per heavy atom. The minimum Gasteiger partial charge on any atom is -0.347 e. The number of ether oxygens (including phenoxy) is 2. The van der Waals surface area contributed by atoms with Crippen LogP contribution in [0.5, 0.6) is 0 Å². The molecule has 2 amide bonds. The van der Waals surface area contributed by atoms with Crippen LogP contribution in [0.2, 0.25) is 0 Å². The molecule has 3 heterocycles. The van der Waals surface area contributed by atoms with Crippen molar-refractivity contribution in [3.05, 3.63) is 0 Å². The number of amides is 2. The van der Waals surface area contributed by atoms with Gasteiger partial charge in [0.15, 0.2) is 15.6 Å².